The normalized spacial score (nSPS) is 10.1. The van der Waals surface area contributed by atoms with Gasteiger partial charge in [0.05, 0.1) is 24.1 Å². The van der Waals surface area contributed by atoms with Gasteiger partial charge < -0.3 is 9.73 Å². The van der Waals surface area contributed by atoms with Crippen LogP contribution < -0.4 is 5.32 Å². The number of amides is 1. The molecule has 16 heavy (non-hydrogen) atoms. The fourth-order valence-electron chi connectivity index (χ4n) is 1.14. The Morgan fingerprint density at radius 2 is 2.38 bits per heavy atom. The third-order valence-corrected chi connectivity index (χ3v) is 2.23. The molecule has 6 heteroatoms. The minimum Gasteiger partial charge on any atom is -0.452 e. The SMILES string of the molecule is O=C(NCc1ccncn1)c1ccoc1Cl. The van der Waals surface area contributed by atoms with Crippen molar-refractivity contribution < 1.29 is 9.21 Å². The van der Waals surface area contributed by atoms with E-state index in [1.165, 1.54) is 18.7 Å². The van der Waals surface area contributed by atoms with E-state index in [9.17, 15) is 4.79 Å². The maximum absolute atomic E-state index is 11.6. The molecule has 0 aliphatic rings. The van der Waals surface area contributed by atoms with E-state index in [1.807, 2.05) is 0 Å². The molecule has 0 saturated heterocycles. The Morgan fingerprint density at radius 1 is 1.50 bits per heavy atom. The van der Waals surface area contributed by atoms with Gasteiger partial charge in [-0.3, -0.25) is 4.79 Å². The zero-order chi connectivity index (χ0) is 11.4. The third-order valence-electron chi connectivity index (χ3n) is 1.94. The molecule has 0 aliphatic heterocycles. The minimum absolute atomic E-state index is 0.0835. The number of nitrogens with one attached hydrogen (secondary N) is 1. The highest BCUT2D eigenvalue weighted by molar-refractivity contribution is 6.32. The summed E-state index contributed by atoms with van der Waals surface area (Å²) in [5.74, 6) is -0.294. The van der Waals surface area contributed by atoms with Gasteiger partial charge in [-0.25, -0.2) is 9.97 Å². The zero-order valence-electron chi connectivity index (χ0n) is 8.18. The molecule has 0 saturated carbocycles. The van der Waals surface area contributed by atoms with Crippen molar-refractivity contribution >= 4 is 17.5 Å². The van der Waals surface area contributed by atoms with Crippen LogP contribution in [-0.2, 0) is 6.54 Å². The lowest BCUT2D eigenvalue weighted by Crippen LogP contribution is -2.23. The maximum atomic E-state index is 11.6. The van der Waals surface area contributed by atoms with E-state index in [0.717, 1.165) is 5.69 Å². The molecular formula is C10H8ClN3O2. The molecule has 0 bridgehead atoms. The first-order valence-corrected chi connectivity index (χ1v) is 4.91. The van der Waals surface area contributed by atoms with Crippen LogP contribution in [0.25, 0.3) is 0 Å². The smallest absolute Gasteiger partial charge is 0.256 e. The van der Waals surface area contributed by atoms with Gasteiger partial charge in [0, 0.05) is 6.20 Å². The lowest BCUT2D eigenvalue weighted by atomic mass is 10.3. The van der Waals surface area contributed by atoms with Gasteiger partial charge >= 0.3 is 0 Å². The van der Waals surface area contributed by atoms with E-state index < -0.39 is 0 Å². The van der Waals surface area contributed by atoms with E-state index in [4.69, 9.17) is 16.0 Å². The van der Waals surface area contributed by atoms with Crippen LogP contribution in [0.3, 0.4) is 0 Å². The molecule has 0 aromatic carbocycles. The molecule has 1 N–H and O–H groups in total. The summed E-state index contributed by atoms with van der Waals surface area (Å²) in [6, 6.07) is 3.23. The highest BCUT2D eigenvalue weighted by Crippen LogP contribution is 2.16. The molecular weight excluding hydrogens is 230 g/mol. The summed E-state index contributed by atoms with van der Waals surface area (Å²) in [4.78, 5) is 19.3. The van der Waals surface area contributed by atoms with E-state index in [2.05, 4.69) is 15.3 Å². The topological polar surface area (TPSA) is 68.0 Å². The Labute approximate surface area is 96.5 Å². The largest absolute Gasteiger partial charge is 0.452 e. The summed E-state index contributed by atoms with van der Waals surface area (Å²) < 4.78 is 4.82. The molecule has 2 heterocycles. The predicted octanol–water partition coefficient (Wildman–Crippen LogP) is 1.65. The fraction of sp³-hybridized carbons (Fsp3) is 0.100. The number of carbonyl (C=O) groups is 1. The summed E-state index contributed by atoms with van der Waals surface area (Å²) in [7, 11) is 0. The summed E-state index contributed by atoms with van der Waals surface area (Å²) >= 11 is 5.66. The second-order valence-electron chi connectivity index (χ2n) is 2.99. The molecule has 82 valence electrons. The van der Waals surface area contributed by atoms with Crippen molar-refractivity contribution in [3.8, 4) is 0 Å². The van der Waals surface area contributed by atoms with E-state index >= 15 is 0 Å². The van der Waals surface area contributed by atoms with Crippen LogP contribution >= 0.6 is 11.6 Å². The minimum atomic E-state index is -0.294. The monoisotopic (exact) mass is 237 g/mol. The molecule has 2 aromatic heterocycles. The third kappa shape index (κ3) is 2.38. The standard InChI is InChI=1S/C10H8ClN3O2/c11-9-8(2-4-16-9)10(15)13-5-7-1-3-12-6-14-7/h1-4,6H,5H2,(H,13,15). The van der Waals surface area contributed by atoms with E-state index in [1.54, 1.807) is 12.3 Å². The lowest BCUT2D eigenvalue weighted by Gasteiger charge is -2.02. The van der Waals surface area contributed by atoms with Gasteiger partial charge in [0.2, 0.25) is 5.22 Å². The van der Waals surface area contributed by atoms with Crippen LogP contribution in [0.4, 0.5) is 0 Å². The molecule has 1 amide bonds. The first kappa shape index (κ1) is 10.6. The Balaban J connectivity index is 1.97. The Hall–Kier alpha value is -1.88. The molecule has 0 spiro atoms. The van der Waals surface area contributed by atoms with Crippen LogP contribution in [0.2, 0.25) is 5.22 Å². The van der Waals surface area contributed by atoms with Gasteiger partial charge in [0.15, 0.2) is 0 Å². The van der Waals surface area contributed by atoms with E-state index in [-0.39, 0.29) is 11.1 Å². The average molecular weight is 238 g/mol. The van der Waals surface area contributed by atoms with Crippen LogP contribution in [0, 0.1) is 0 Å². The Morgan fingerprint density at radius 3 is 3.00 bits per heavy atom. The van der Waals surface area contributed by atoms with Crippen molar-refractivity contribution in [2.45, 2.75) is 6.54 Å². The Kier molecular flexibility index (Phi) is 3.16. The van der Waals surface area contributed by atoms with Gasteiger partial charge in [0.25, 0.3) is 5.91 Å². The highest BCUT2D eigenvalue weighted by atomic mass is 35.5. The van der Waals surface area contributed by atoms with Gasteiger partial charge in [0.1, 0.15) is 6.33 Å². The fourth-order valence-corrected chi connectivity index (χ4v) is 1.34. The van der Waals surface area contributed by atoms with Gasteiger partial charge in [-0.2, -0.15) is 0 Å². The van der Waals surface area contributed by atoms with E-state index in [0.29, 0.717) is 12.1 Å². The van der Waals surface area contributed by atoms with Crippen molar-refractivity contribution in [1.82, 2.24) is 15.3 Å². The number of hydrogen-bond donors (Lipinski definition) is 1. The van der Waals surface area contributed by atoms with Crippen molar-refractivity contribution in [2.75, 3.05) is 0 Å². The van der Waals surface area contributed by atoms with Crippen molar-refractivity contribution in [1.29, 1.82) is 0 Å². The number of carbonyl (C=O) groups excluding carboxylic acids is 1. The summed E-state index contributed by atoms with van der Waals surface area (Å²) in [5.41, 5.74) is 1.04. The van der Waals surface area contributed by atoms with Gasteiger partial charge in [-0.05, 0) is 23.7 Å². The average Bonchev–Trinajstić information content (AvgIpc) is 2.74. The maximum Gasteiger partial charge on any atom is 0.256 e. The second-order valence-corrected chi connectivity index (χ2v) is 3.33. The molecule has 0 aliphatic carbocycles. The van der Waals surface area contributed by atoms with Crippen LogP contribution in [0.5, 0.6) is 0 Å². The van der Waals surface area contributed by atoms with Gasteiger partial charge in [-0.1, -0.05) is 0 Å². The van der Waals surface area contributed by atoms with Crippen molar-refractivity contribution in [3.05, 3.63) is 47.4 Å². The second kappa shape index (κ2) is 4.76. The number of furan rings is 1. The predicted molar refractivity (Wildman–Crippen MR) is 56.9 cm³/mol. The number of hydrogen-bond acceptors (Lipinski definition) is 4. The van der Waals surface area contributed by atoms with Gasteiger partial charge in [-0.15, -0.1) is 0 Å². The molecule has 0 atom stereocenters. The number of nitrogens with zero attached hydrogens (tertiary/aromatic N) is 2. The summed E-state index contributed by atoms with van der Waals surface area (Å²) in [6.07, 6.45) is 4.40. The number of aromatic nitrogens is 2. The lowest BCUT2D eigenvalue weighted by molar-refractivity contribution is 0.0950. The molecule has 5 nitrogen and oxygen atoms in total. The molecule has 0 fully saturated rings. The number of rotatable bonds is 3. The van der Waals surface area contributed by atoms with Crippen LogP contribution in [0.1, 0.15) is 16.1 Å². The van der Waals surface area contributed by atoms with Crippen LogP contribution in [-0.4, -0.2) is 15.9 Å². The molecule has 2 aromatic rings. The highest BCUT2D eigenvalue weighted by Gasteiger charge is 2.12. The van der Waals surface area contributed by atoms with Crippen LogP contribution in [0.15, 0.2) is 35.3 Å². The number of halogens is 1. The quantitative estimate of drug-likeness (QED) is 0.882. The molecule has 0 radical (unpaired) electrons. The Bertz CT molecular complexity index is 484. The first-order chi connectivity index (χ1) is 7.77. The summed E-state index contributed by atoms with van der Waals surface area (Å²) in [5, 5.41) is 2.75. The van der Waals surface area contributed by atoms with Crippen molar-refractivity contribution in [2.24, 2.45) is 0 Å². The zero-order valence-corrected chi connectivity index (χ0v) is 8.94. The molecule has 2 rings (SSSR count). The first-order valence-electron chi connectivity index (χ1n) is 4.53. The van der Waals surface area contributed by atoms with Crippen molar-refractivity contribution in [3.63, 3.8) is 0 Å². The molecule has 0 unspecified atom stereocenters. The summed E-state index contributed by atoms with van der Waals surface area (Å²) in [6.45, 7) is 0.322.